The molecule has 2 amide bonds. The van der Waals surface area contributed by atoms with E-state index in [2.05, 4.69) is 4.98 Å². The summed E-state index contributed by atoms with van der Waals surface area (Å²) in [6.07, 6.45) is 1.63. The van der Waals surface area contributed by atoms with Gasteiger partial charge in [0, 0.05) is 37.3 Å². The van der Waals surface area contributed by atoms with Gasteiger partial charge in [-0.15, -0.1) is 0 Å². The van der Waals surface area contributed by atoms with Gasteiger partial charge in [0.2, 0.25) is 0 Å². The summed E-state index contributed by atoms with van der Waals surface area (Å²) in [5, 5.41) is 0. The van der Waals surface area contributed by atoms with E-state index in [9.17, 15) is 9.59 Å². The lowest BCUT2D eigenvalue weighted by Crippen LogP contribution is -2.38. The molecule has 2 fully saturated rings. The van der Waals surface area contributed by atoms with Crippen molar-refractivity contribution in [3.63, 3.8) is 0 Å². The summed E-state index contributed by atoms with van der Waals surface area (Å²) in [5.74, 6) is 0.0678. The van der Waals surface area contributed by atoms with Gasteiger partial charge < -0.3 is 19.5 Å². The molecule has 1 atom stereocenters. The molecule has 0 aromatic carbocycles. The third kappa shape index (κ3) is 3.67. The van der Waals surface area contributed by atoms with Gasteiger partial charge in [-0.1, -0.05) is 0 Å². The van der Waals surface area contributed by atoms with Gasteiger partial charge in [-0.3, -0.25) is 4.79 Å². The van der Waals surface area contributed by atoms with Crippen LogP contribution in [0.4, 0.5) is 4.79 Å². The van der Waals surface area contributed by atoms with E-state index in [1.54, 1.807) is 4.90 Å². The number of amides is 2. The first-order valence-corrected chi connectivity index (χ1v) is 9.02. The number of hydrogen-bond donors (Lipinski definition) is 1. The Hall–Kier alpha value is -1.98. The summed E-state index contributed by atoms with van der Waals surface area (Å²) in [6, 6.07) is 2.00. The molecule has 0 radical (unpaired) electrons. The van der Waals surface area contributed by atoms with Crippen molar-refractivity contribution in [1.82, 2.24) is 14.8 Å². The molecule has 0 unspecified atom stereocenters. The van der Waals surface area contributed by atoms with Gasteiger partial charge in [0.05, 0.1) is 0 Å². The molecule has 3 rings (SSSR count). The average Bonchev–Trinajstić information content (AvgIpc) is 3.17. The number of aryl methyl sites for hydroxylation is 2. The summed E-state index contributed by atoms with van der Waals surface area (Å²) < 4.78 is 5.49. The lowest BCUT2D eigenvalue weighted by molar-refractivity contribution is 0.0274. The quantitative estimate of drug-likeness (QED) is 0.849. The third-order valence-corrected chi connectivity index (χ3v) is 5.18. The van der Waals surface area contributed by atoms with Crippen LogP contribution >= 0.6 is 0 Å². The average molecular weight is 347 g/mol. The van der Waals surface area contributed by atoms with E-state index >= 15 is 0 Å². The number of hydrogen-bond acceptors (Lipinski definition) is 3. The number of carbonyl (C=O) groups is 2. The minimum atomic E-state index is -0.479. The first-order valence-electron chi connectivity index (χ1n) is 9.02. The fourth-order valence-corrected chi connectivity index (χ4v) is 3.97. The number of nitrogens with zero attached hydrogens (tertiary/aromatic N) is 2. The van der Waals surface area contributed by atoms with E-state index in [-0.39, 0.29) is 17.4 Å². The summed E-state index contributed by atoms with van der Waals surface area (Å²) in [4.78, 5) is 32.0. The zero-order valence-corrected chi connectivity index (χ0v) is 15.9. The second kappa shape index (κ2) is 6.07. The van der Waals surface area contributed by atoms with E-state index in [1.165, 1.54) is 0 Å². The minimum Gasteiger partial charge on any atom is -0.444 e. The Morgan fingerprint density at radius 2 is 1.72 bits per heavy atom. The fourth-order valence-electron chi connectivity index (χ4n) is 3.97. The zero-order chi connectivity index (χ0) is 18.4. The van der Waals surface area contributed by atoms with Gasteiger partial charge in [-0.2, -0.15) is 0 Å². The lowest BCUT2D eigenvalue weighted by Gasteiger charge is -2.27. The van der Waals surface area contributed by atoms with Gasteiger partial charge in [0.15, 0.2) is 0 Å². The lowest BCUT2D eigenvalue weighted by atomic mass is 9.86. The molecule has 1 spiro atoms. The molecule has 6 nitrogen and oxygen atoms in total. The number of aromatic nitrogens is 1. The maximum Gasteiger partial charge on any atom is 0.410 e. The predicted molar refractivity (Wildman–Crippen MR) is 95.6 cm³/mol. The molecule has 2 aliphatic heterocycles. The van der Waals surface area contributed by atoms with E-state index in [0.29, 0.717) is 25.3 Å². The Morgan fingerprint density at radius 3 is 2.28 bits per heavy atom. The number of ether oxygens (including phenoxy) is 1. The van der Waals surface area contributed by atoms with Crippen LogP contribution in [-0.2, 0) is 4.74 Å². The monoisotopic (exact) mass is 347 g/mol. The molecule has 1 aromatic rings. The molecular formula is C19H29N3O3. The number of carbonyl (C=O) groups excluding carboxylic acids is 2. The molecule has 1 N–H and O–H groups in total. The van der Waals surface area contributed by atoms with Gasteiger partial charge in [-0.05, 0) is 59.1 Å². The third-order valence-electron chi connectivity index (χ3n) is 5.18. The largest absolute Gasteiger partial charge is 0.444 e. The van der Waals surface area contributed by atoms with Crippen LogP contribution in [0, 0.1) is 19.3 Å². The Labute approximate surface area is 149 Å². The van der Waals surface area contributed by atoms with Crippen molar-refractivity contribution in [2.75, 3.05) is 26.2 Å². The number of H-pyrrole nitrogens is 1. The zero-order valence-electron chi connectivity index (χ0n) is 15.9. The van der Waals surface area contributed by atoms with Crippen LogP contribution in [0.2, 0.25) is 0 Å². The Kier molecular flexibility index (Phi) is 4.33. The maximum absolute atomic E-state index is 12.8. The summed E-state index contributed by atoms with van der Waals surface area (Å²) in [7, 11) is 0. The highest BCUT2D eigenvalue weighted by Crippen LogP contribution is 2.40. The molecule has 2 aliphatic rings. The first kappa shape index (κ1) is 17.8. The van der Waals surface area contributed by atoms with E-state index in [4.69, 9.17) is 4.74 Å². The van der Waals surface area contributed by atoms with Crippen LogP contribution in [0.25, 0.3) is 0 Å². The van der Waals surface area contributed by atoms with Gasteiger partial charge in [-0.25, -0.2) is 4.79 Å². The van der Waals surface area contributed by atoms with Crippen molar-refractivity contribution in [1.29, 1.82) is 0 Å². The second-order valence-corrected chi connectivity index (χ2v) is 8.64. The molecule has 1 aromatic heterocycles. The van der Waals surface area contributed by atoms with Crippen LogP contribution in [0.5, 0.6) is 0 Å². The first-order chi connectivity index (χ1) is 11.6. The Morgan fingerprint density at radius 1 is 1.12 bits per heavy atom. The van der Waals surface area contributed by atoms with Crippen molar-refractivity contribution >= 4 is 12.0 Å². The second-order valence-electron chi connectivity index (χ2n) is 8.64. The molecular weight excluding hydrogens is 318 g/mol. The summed E-state index contributed by atoms with van der Waals surface area (Å²) in [6.45, 7) is 12.4. The normalized spacial score (nSPS) is 23.6. The van der Waals surface area contributed by atoms with Crippen LogP contribution in [0.15, 0.2) is 6.07 Å². The maximum atomic E-state index is 12.8. The van der Waals surface area contributed by atoms with E-state index in [0.717, 1.165) is 30.6 Å². The Bertz CT molecular complexity index is 689. The van der Waals surface area contributed by atoms with E-state index < -0.39 is 5.60 Å². The highest BCUT2D eigenvalue weighted by molar-refractivity contribution is 5.94. The Balaban J connectivity index is 1.64. The van der Waals surface area contributed by atoms with Crippen LogP contribution in [0.3, 0.4) is 0 Å². The topological polar surface area (TPSA) is 65.6 Å². The molecule has 0 bridgehead atoms. The smallest absolute Gasteiger partial charge is 0.410 e. The molecule has 2 saturated heterocycles. The van der Waals surface area contributed by atoms with Gasteiger partial charge in [0.25, 0.3) is 5.91 Å². The molecule has 3 heterocycles. The molecule has 138 valence electrons. The SMILES string of the molecule is Cc1cc(C)c(C(=O)N2CC[C@]3(CCN(C(=O)OC(C)(C)C)C3)C2)[nH]1. The fraction of sp³-hybridized carbons (Fsp3) is 0.684. The molecule has 25 heavy (non-hydrogen) atoms. The number of rotatable bonds is 1. The number of likely N-dealkylation sites (tertiary alicyclic amines) is 2. The highest BCUT2D eigenvalue weighted by atomic mass is 16.6. The number of aromatic amines is 1. The van der Waals surface area contributed by atoms with Crippen molar-refractivity contribution in [3.05, 3.63) is 23.0 Å². The highest BCUT2D eigenvalue weighted by Gasteiger charge is 2.47. The van der Waals surface area contributed by atoms with Gasteiger partial charge in [0.1, 0.15) is 11.3 Å². The van der Waals surface area contributed by atoms with Crippen LogP contribution < -0.4 is 0 Å². The molecule has 0 saturated carbocycles. The van der Waals surface area contributed by atoms with Gasteiger partial charge >= 0.3 is 6.09 Å². The summed E-state index contributed by atoms with van der Waals surface area (Å²) >= 11 is 0. The summed E-state index contributed by atoms with van der Waals surface area (Å²) in [5.41, 5.74) is 2.23. The van der Waals surface area contributed by atoms with Crippen molar-refractivity contribution in [2.24, 2.45) is 5.41 Å². The van der Waals surface area contributed by atoms with Crippen LogP contribution in [0.1, 0.15) is 55.4 Å². The minimum absolute atomic E-state index is 0.0160. The van der Waals surface area contributed by atoms with Crippen molar-refractivity contribution in [2.45, 2.75) is 53.1 Å². The number of nitrogens with one attached hydrogen (secondary N) is 1. The molecule has 6 heteroatoms. The van der Waals surface area contributed by atoms with Crippen LogP contribution in [-0.4, -0.2) is 58.6 Å². The van der Waals surface area contributed by atoms with Crippen molar-refractivity contribution < 1.29 is 14.3 Å². The van der Waals surface area contributed by atoms with E-state index in [1.807, 2.05) is 45.6 Å². The van der Waals surface area contributed by atoms with Crippen molar-refractivity contribution in [3.8, 4) is 0 Å². The molecule has 0 aliphatic carbocycles. The standard InChI is InChI=1S/C19H29N3O3/c1-13-10-14(2)20-15(13)16(23)21-8-6-19(11-21)7-9-22(12-19)17(24)25-18(3,4)5/h10,20H,6-9,11-12H2,1-5H3/t19-/m0/s1. The predicted octanol–water partition coefficient (Wildman–Crippen LogP) is 3.10.